The van der Waals surface area contributed by atoms with E-state index >= 15 is 0 Å². The van der Waals surface area contributed by atoms with Crippen LogP contribution in [-0.4, -0.2) is 23.9 Å². The Kier molecular flexibility index (Phi) is 5.39. The van der Waals surface area contributed by atoms with Gasteiger partial charge in [0.05, 0.1) is 24.4 Å². The fraction of sp³-hybridized carbons (Fsp3) is 0.455. The molecular weight excluding hydrogens is 378 g/mol. The summed E-state index contributed by atoms with van der Waals surface area (Å²) in [5.74, 6) is -1.13. The molecule has 0 saturated carbocycles. The molecule has 0 bridgehead atoms. The number of alkyl halides is 3. The summed E-state index contributed by atoms with van der Waals surface area (Å²) in [7, 11) is 0. The first-order valence-corrected chi connectivity index (χ1v) is 6.38. The van der Waals surface area contributed by atoms with Gasteiger partial charge in [-0.1, -0.05) is 0 Å². The Balaban J connectivity index is 3.06. The zero-order valence-corrected chi connectivity index (χ0v) is 12.3. The number of hydrogen-bond donors (Lipinski definition) is 0. The molecule has 0 spiro atoms. The minimum atomic E-state index is -4.83. The molecule has 1 heterocycles. The Bertz CT molecular complexity index is 477. The normalized spacial score (nSPS) is 11.3. The van der Waals surface area contributed by atoms with Gasteiger partial charge in [-0.15, -0.1) is 13.2 Å². The highest BCUT2D eigenvalue weighted by atomic mass is 127. The number of carbonyl (C=O) groups is 1. The van der Waals surface area contributed by atoms with Crippen molar-refractivity contribution in [3.63, 3.8) is 0 Å². The highest BCUT2D eigenvalue weighted by molar-refractivity contribution is 14.1. The molecule has 106 valence electrons. The molecule has 0 aliphatic rings. The molecule has 0 aromatic carbocycles. The van der Waals surface area contributed by atoms with Crippen LogP contribution in [0.2, 0.25) is 0 Å². The second-order valence-electron chi connectivity index (χ2n) is 3.53. The van der Waals surface area contributed by atoms with Crippen molar-refractivity contribution in [1.29, 1.82) is 0 Å². The van der Waals surface area contributed by atoms with Gasteiger partial charge in [-0.2, -0.15) is 0 Å². The van der Waals surface area contributed by atoms with Crippen LogP contribution in [0.1, 0.15) is 18.3 Å². The Morgan fingerprint density at radius 3 is 2.63 bits per heavy atom. The summed E-state index contributed by atoms with van der Waals surface area (Å²) < 4.78 is 45.9. The molecule has 0 amide bonds. The largest absolute Gasteiger partial charge is 0.573 e. The van der Waals surface area contributed by atoms with Crippen molar-refractivity contribution < 1.29 is 27.4 Å². The summed E-state index contributed by atoms with van der Waals surface area (Å²) in [6, 6.07) is 1.20. The molecule has 0 N–H and O–H groups in total. The van der Waals surface area contributed by atoms with Gasteiger partial charge in [-0.25, -0.2) is 0 Å². The third-order valence-corrected chi connectivity index (χ3v) is 3.13. The third-order valence-electron chi connectivity index (χ3n) is 2.03. The smallest absolute Gasteiger partial charge is 0.466 e. The Labute approximate surface area is 121 Å². The van der Waals surface area contributed by atoms with E-state index in [0.717, 1.165) is 0 Å². The minimum Gasteiger partial charge on any atom is -0.466 e. The zero-order chi connectivity index (χ0) is 14.6. The van der Waals surface area contributed by atoms with Crippen LogP contribution >= 0.6 is 22.6 Å². The summed E-state index contributed by atoms with van der Waals surface area (Å²) in [5.41, 5.74) is 0.433. The van der Waals surface area contributed by atoms with E-state index in [-0.39, 0.29) is 18.7 Å². The molecule has 0 fully saturated rings. The van der Waals surface area contributed by atoms with Gasteiger partial charge >= 0.3 is 12.3 Å². The molecule has 0 atom stereocenters. The van der Waals surface area contributed by atoms with E-state index in [1.165, 1.54) is 6.07 Å². The quantitative estimate of drug-likeness (QED) is 0.587. The Morgan fingerprint density at radius 2 is 2.11 bits per heavy atom. The van der Waals surface area contributed by atoms with Crippen LogP contribution in [0, 0.1) is 10.5 Å². The lowest BCUT2D eigenvalue weighted by Crippen LogP contribution is -2.20. The van der Waals surface area contributed by atoms with Crippen molar-refractivity contribution in [3.8, 4) is 5.75 Å². The molecule has 19 heavy (non-hydrogen) atoms. The Morgan fingerprint density at radius 1 is 1.47 bits per heavy atom. The standard InChI is InChI=1S/C11H11F3INO3/c1-3-18-10(17)5-8-9(19-11(12,13)14)4-7(15)6(2)16-8/h4H,3,5H2,1-2H3. The summed E-state index contributed by atoms with van der Waals surface area (Å²) >= 11 is 1.84. The average Bonchev–Trinajstić information content (AvgIpc) is 2.23. The predicted octanol–water partition coefficient (Wildman–Crippen LogP) is 3.00. The molecule has 0 aliphatic heterocycles. The maximum atomic E-state index is 12.3. The summed E-state index contributed by atoms with van der Waals surface area (Å²) in [5, 5.41) is 0. The Hall–Kier alpha value is -1.06. The van der Waals surface area contributed by atoms with Gasteiger partial charge in [-0.05, 0) is 42.5 Å². The molecule has 1 rings (SSSR count). The van der Waals surface area contributed by atoms with Crippen LogP contribution in [0.15, 0.2) is 6.07 Å². The van der Waals surface area contributed by atoms with E-state index < -0.39 is 18.1 Å². The molecule has 1 aromatic rings. The first kappa shape index (κ1) is 16.0. The first-order chi connectivity index (χ1) is 8.73. The molecular formula is C11H11F3INO3. The van der Waals surface area contributed by atoms with Crippen LogP contribution in [0.25, 0.3) is 0 Å². The maximum absolute atomic E-state index is 12.3. The molecule has 0 aliphatic carbocycles. The molecule has 1 aromatic heterocycles. The van der Waals surface area contributed by atoms with E-state index in [9.17, 15) is 18.0 Å². The number of aromatic nitrogens is 1. The lowest BCUT2D eigenvalue weighted by atomic mass is 10.2. The SMILES string of the molecule is CCOC(=O)Cc1nc(C)c(I)cc1OC(F)(F)F. The van der Waals surface area contributed by atoms with E-state index in [4.69, 9.17) is 0 Å². The summed E-state index contributed by atoms with van der Waals surface area (Å²) in [6.45, 7) is 3.39. The average molecular weight is 389 g/mol. The van der Waals surface area contributed by atoms with Crippen molar-refractivity contribution >= 4 is 28.6 Å². The zero-order valence-electron chi connectivity index (χ0n) is 10.2. The molecule has 0 unspecified atom stereocenters. The first-order valence-electron chi connectivity index (χ1n) is 5.30. The van der Waals surface area contributed by atoms with E-state index in [1.807, 2.05) is 22.6 Å². The molecule has 0 saturated heterocycles. The van der Waals surface area contributed by atoms with Crippen molar-refractivity contribution in [2.75, 3.05) is 6.61 Å². The predicted molar refractivity (Wildman–Crippen MR) is 68.7 cm³/mol. The number of esters is 1. The van der Waals surface area contributed by atoms with Gasteiger partial charge in [0.2, 0.25) is 0 Å². The molecule has 4 nitrogen and oxygen atoms in total. The number of hydrogen-bond acceptors (Lipinski definition) is 4. The minimum absolute atomic E-state index is 0.0892. The molecule has 0 radical (unpaired) electrons. The second kappa shape index (κ2) is 6.40. The van der Waals surface area contributed by atoms with Gasteiger partial charge in [0.25, 0.3) is 0 Å². The summed E-state index contributed by atoms with van der Waals surface area (Å²) in [6.07, 6.45) is -5.19. The van der Waals surface area contributed by atoms with Crippen LogP contribution in [0.3, 0.4) is 0 Å². The number of aryl methyl sites for hydroxylation is 1. The number of pyridine rings is 1. The van der Waals surface area contributed by atoms with Gasteiger partial charge in [0.1, 0.15) is 0 Å². The number of nitrogens with zero attached hydrogens (tertiary/aromatic N) is 1. The number of halogens is 4. The van der Waals surface area contributed by atoms with Crippen LogP contribution in [-0.2, 0) is 16.0 Å². The van der Waals surface area contributed by atoms with Crippen molar-refractivity contribution in [2.24, 2.45) is 0 Å². The summed E-state index contributed by atoms with van der Waals surface area (Å²) in [4.78, 5) is 15.3. The monoisotopic (exact) mass is 389 g/mol. The van der Waals surface area contributed by atoms with Crippen molar-refractivity contribution in [1.82, 2.24) is 4.98 Å². The number of ether oxygens (including phenoxy) is 2. The lowest BCUT2D eigenvalue weighted by molar-refractivity contribution is -0.275. The van der Waals surface area contributed by atoms with Crippen LogP contribution < -0.4 is 4.74 Å². The third kappa shape index (κ3) is 5.21. The van der Waals surface area contributed by atoms with Gasteiger partial charge in [0, 0.05) is 3.57 Å². The van der Waals surface area contributed by atoms with E-state index in [1.54, 1.807) is 13.8 Å². The highest BCUT2D eigenvalue weighted by Crippen LogP contribution is 2.28. The maximum Gasteiger partial charge on any atom is 0.573 e. The van der Waals surface area contributed by atoms with Crippen LogP contribution in [0.4, 0.5) is 13.2 Å². The van der Waals surface area contributed by atoms with Gasteiger partial charge in [-0.3, -0.25) is 9.78 Å². The highest BCUT2D eigenvalue weighted by Gasteiger charge is 2.33. The van der Waals surface area contributed by atoms with Crippen LogP contribution in [0.5, 0.6) is 5.75 Å². The van der Waals surface area contributed by atoms with E-state index in [2.05, 4.69) is 14.5 Å². The van der Waals surface area contributed by atoms with Crippen molar-refractivity contribution in [3.05, 3.63) is 21.0 Å². The molecule has 8 heteroatoms. The topological polar surface area (TPSA) is 48.4 Å². The lowest BCUT2D eigenvalue weighted by Gasteiger charge is -2.13. The fourth-order valence-corrected chi connectivity index (χ4v) is 1.71. The fourth-order valence-electron chi connectivity index (χ4n) is 1.30. The second-order valence-corrected chi connectivity index (χ2v) is 4.69. The number of carbonyl (C=O) groups excluding carboxylic acids is 1. The number of rotatable bonds is 4. The van der Waals surface area contributed by atoms with Gasteiger partial charge < -0.3 is 9.47 Å². The van der Waals surface area contributed by atoms with Crippen molar-refractivity contribution in [2.45, 2.75) is 26.6 Å². The van der Waals surface area contributed by atoms with Gasteiger partial charge in [0.15, 0.2) is 5.75 Å². The van der Waals surface area contributed by atoms with E-state index in [0.29, 0.717) is 9.26 Å².